The van der Waals surface area contributed by atoms with E-state index in [1.54, 1.807) is 0 Å². The van der Waals surface area contributed by atoms with Gasteiger partial charge in [0.15, 0.2) is 5.78 Å². The smallest absolute Gasteiger partial charge is 0.198 e. The van der Waals surface area contributed by atoms with E-state index in [1.165, 1.54) is 0 Å². The van der Waals surface area contributed by atoms with Gasteiger partial charge in [-0.1, -0.05) is 12.1 Å². The first-order valence-corrected chi connectivity index (χ1v) is 6.47. The van der Waals surface area contributed by atoms with Gasteiger partial charge in [-0.25, -0.2) is 0 Å². The summed E-state index contributed by atoms with van der Waals surface area (Å²) in [6, 6.07) is 7.39. The van der Waals surface area contributed by atoms with Crippen LogP contribution in [0.1, 0.15) is 44.0 Å². The summed E-state index contributed by atoms with van der Waals surface area (Å²) in [4.78, 5) is 12.6. The molecule has 1 fully saturated rings. The Labute approximate surface area is 108 Å². The maximum atomic E-state index is 12.6. The first kappa shape index (κ1) is 13.1. The van der Waals surface area contributed by atoms with Crippen LogP contribution in [0.25, 0.3) is 0 Å². The van der Waals surface area contributed by atoms with Crippen LogP contribution in [-0.4, -0.2) is 24.1 Å². The third-order valence-electron chi connectivity index (χ3n) is 3.19. The lowest BCUT2D eigenvalue weighted by Crippen LogP contribution is -2.34. The minimum Gasteiger partial charge on any atom is -0.490 e. The van der Waals surface area contributed by atoms with Gasteiger partial charge in [-0.05, 0) is 45.7 Å². The summed E-state index contributed by atoms with van der Waals surface area (Å²) in [5.74, 6) is 0.672. The largest absolute Gasteiger partial charge is 0.490 e. The molecular weight excluding hydrogens is 228 g/mol. The van der Waals surface area contributed by atoms with Crippen molar-refractivity contribution >= 4 is 5.78 Å². The lowest BCUT2D eigenvalue weighted by molar-refractivity contribution is 0.0210. The summed E-state index contributed by atoms with van der Waals surface area (Å²) < 4.78 is 11.3. The van der Waals surface area contributed by atoms with E-state index in [0.29, 0.717) is 17.9 Å². The fourth-order valence-electron chi connectivity index (χ4n) is 2.25. The number of carbonyl (C=O) groups excluding carboxylic acids is 1. The molecule has 0 spiro atoms. The van der Waals surface area contributed by atoms with Crippen LogP contribution in [0.15, 0.2) is 24.3 Å². The topological polar surface area (TPSA) is 35.5 Å². The van der Waals surface area contributed by atoms with Crippen molar-refractivity contribution in [3.05, 3.63) is 29.8 Å². The van der Waals surface area contributed by atoms with Gasteiger partial charge >= 0.3 is 0 Å². The summed E-state index contributed by atoms with van der Waals surface area (Å²) >= 11 is 0. The second kappa shape index (κ2) is 5.11. The Morgan fingerprint density at radius 2 is 2.11 bits per heavy atom. The SMILES string of the molecule is CC(C)Oc1ccccc1C(=O)C1(C)CCCO1. The second-order valence-electron chi connectivity index (χ2n) is 5.17. The summed E-state index contributed by atoms with van der Waals surface area (Å²) in [5, 5.41) is 0. The molecule has 98 valence electrons. The molecule has 1 aromatic carbocycles. The Hall–Kier alpha value is -1.35. The van der Waals surface area contributed by atoms with Crippen LogP contribution in [0, 0.1) is 0 Å². The van der Waals surface area contributed by atoms with Crippen molar-refractivity contribution in [2.45, 2.75) is 45.3 Å². The average Bonchev–Trinajstić information content (AvgIpc) is 2.76. The molecule has 3 heteroatoms. The highest BCUT2D eigenvalue weighted by molar-refractivity contribution is 6.04. The summed E-state index contributed by atoms with van der Waals surface area (Å²) in [6.07, 6.45) is 1.77. The highest BCUT2D eigenvalue weighted by atomic mass is 16.5. The number of hydrogen-bond acceptors (Lipinski definition) is 3. The van der Waals surface area contributed by atoms with Crippen LogP contribution in [0.3, 0.4) is 0 Å². The molecule has 1 aliphatic rings. The Bertz CT molecular complexity index is 431. The highest BCUT2D eigenvalue weighted by Crippen LogP contribution is 2.32. The Morgan fingerprint density at radius 3 is 2.72 bits per heavy atom. The van der Waals surface area contributed by atoms with E-state index in [2.05, 4.69) is 0 Å². The summed E-state index contributed by atoms with van der Waals surface area (Å²) in [5.41, 5.74) is -0.0632. The number of carbonyl (C=O) groups is 1. The van der Waals surface area contributed by atoms with Crippen molar-refractivity contribution in [3.8, 4) is 5.75 Å². The molecule has 0 bridgehead atoms. The molecule has 1 saturated heterocycles. The lowest BCUT2D eigenvalue weighted by atomic mass is 9.91. The molecule has 2 rings (SSSR count). The average molecular weight is 248 g/mol. The van der Waals surface area contributed by atoms with Gasteiger partial charge in [-0.15, -0.1) is 0 Å². The van der Waals surface area contributed by atoms with Crippen LogP contribution in [0.5, 0.6) is 5.75 Å². The molecule has 0 N–H and O–H groups in total. The van der Waals surface area contributed by atoms with Crippen molar-refractivity contribution in [2.75, 3.05) is 6.61 Å². The van der Waals surface area contributed by atoms with Gasteiger partial charge in [-0.2, -0.15) is 0 Å². The van der Waals surface area contributed by atoms with Crippen LogP contribution in [0.4, 0.5) is 0 Å². The number of para-hydroxylation sites is 1. The minimum atomic E-state index is -0.684. The number of ketones is 1. The van der Waals surface area contributed by atoms with Crippen LogP contribution >= 0.6 is 0 Å². The monoisotopic (exact) mass is 248 g/mol. The normalized spacial score (nSPS) is 23.3. The molecule has 0 aromatic heterocycles. The van der Waals surface area contributed by atoms with E-state index in [4.69, 9.17) is 9.47 Å². The molecular formula is C15H20O3. The number of ether oxygens (including phenoxy) is 2. The Balaban J connectivity index is 2.29. The van der Waals surface area contributed by atoms with E-state index in [-0.39, 0.29) is 11.9 Å². The number of Topliss-reactive ketones (excluding diaryl/α,β-unsaturated/α-hetero) is 1. The molecule has 1 aliphatic heterocycles. The second-order valence-corrected chi connectivity index (χ2v) is 5.17. The maximum Gasteiger partial charge on any atom is 0.198 e. The highest BCUT2D eigenvalue weighted by Gasteiger charge is 2.39. The lowest BCUT2D eigenvalue weighted by Gasteiger charge is -2.23. The molecule has 1 unspecified atom stereocenters. The van der Waals surface area contributed by atoms with Gasteiger partial charge in [0.05, 0.1) is 11.7 Å². The van der Waals surface area contributed by atoms with Crippen LogP contribution in [-0.2, 0) is 4.74 Å². The first-order chi connectivity index (χ1) is 8.53. The zero-order chi connectivity index (χ0) is 13.2. The standard InChI is InChI=1S/C15H20O3/c1-11(2)18-13-8-5-4-7-12(13)14(16)15(3)9-6-10-17-15/h4-5,7-8,11H,6,9-10H2,1-3H3. The fraction of sp³-hybridized carbons (Fsp3) is 0.533. The molecule has 18 heavy (non-hydrogen) atoms. The summed E-state index contributed by atoms with van der Waals surface area (Å²) in [7, 11) is 0. The third kappa shape index (κ3) is 2.56. The van der Waals surface area contributed by atoms with Gasteiger partial charge < -0.3 is 9.47 Å². The molecule has 1 heterocycles. The van der Waals surface area contributed by atoms with E-state index in [0.717, 1.165) is 12.8 Å². The van der Waals surface area contributed by atoms with Crippen LogP contribution in [0.2, 0.25) is 0 Å². The molecule has 1 aromatic rings. The molecule has 3 nitrogen and oxygen atoms in total. The fourth-order valence-corrected chi connectivity index (χ4v) is 2.25. The van der Waals surface area contributed by atoms with E-state index in [9.17, 15) is 4.79 Å². The van der Waals surface area contributed by atoms with Crippen molar-refractivity contribution in [3.63, 3.8) is 0 Å². The Kier molecular flexibility index (Phi) is 3.71. The van der Waals surface area contributed by atoms with Crippen molar-refractivity contribution < 1.29 is 14.3 Å². The van der Waals surface area contributed by atoms with Gasteiger partial charge in [-0.3, -0.25) is 4.79 Å². The zero-order valence-corrected chi connectivity index (χ0v) is 11.2. The third-order valence-corrected chi connectivity index (χ3v) is 3.19. The van der Waals surface area contributed by atoms with E-state index >= 15 is 0 Å². The van der Waals surface area contributed by atoms with Crippen LogP contribution < -0.4 is 4.74 Å². The molecule has 0 saturated carbocycles. The number of hydrogen-bond donors (Lipinski definition) is 0. The summed E-state index contributed by atoms with van der Waals surface area (Å²) in [6.45, 7) is 6.44. The zero-order valence-electron chi connectivity index (χ0n) is 11.2. The molecule has 1 atom stereocenters. The predicted molar refractivity (Wildman–Crippen MR) is 70.1 cm³/mol. The minimum absolute atomic E-state index is 0.0243. The molecule has 0 amide bonds. The van der Waals surface area contributed by atoms with Gasteiger partial charge in [0.1, 0.15) is 11.4 Å². The Morgan fingerprint density at radius 1 is 1.39 bits per heavy atom. The van der Waals surface area contributed by atoms with Crippen molar-refractivity contribution in [2.24, 2.45) is 0 Å². The molecule has 0 radical (unpaired) electrons. The first-order valence-electron chi connectivity index (χ1n) is 6.47. The van der Waals surface area contributed by atoms with E-state index in [1.807, 2.05) is 45.0 Å². The van der Waals surface area contributed by atoms with E-state index < -0.39 is 5.60 Å². The van der Waals surface area contributed by atoms with Gasteiger partial charge in [0.25, 0.3) is 0 Å². The molecule has 0 aliphatic carbocycles. The maximum absolute atomic E-state index is 12.6. The van der Waals surface area contributed by atoms with Crippen molar-refractivity contribution in [1.82, 2.24) is 0 Å². The van der Waals surface area contributed by atoms with Gasteiger partial charge in [0, 0.05) is 6.61 Å². The number of rotatable bonds is 4. The van der Waals surface area contributed by atoms with Crippen molar-refractivity contribution in [1.29, 1.82) is 0 Å². The number of benzene rings is 1. The quantitative estimate of drug-likeness (QED) is 0.767. The predicted octanol–water partition coefficient (Wildman–Crippen LogP) is 3.23. The van der Waals surface area contributed by atoms with Gasteiger partial charge in [0.2, 0.25) is 0 Å².